The molecule has 1 rings (SSSR count). The lowest BCUT2D eigenvalue weighted by Crippen LogP contribution is -2.06. The van der Waals surface area contributed by atoms with Gasteiger partial charge in [0.15, 0.2) is 0 Å². The summed E-state index contributed by atoms with van der Waals surface area (Å²) in [6.45, 7) is 0.385. The first-order chi connectivity index (χ1) is 6.77. The fourth-order valence-corrected chi connectivity index (χ4v) is 1.79. The quantitative estimate of drug-likeness (QED) is 0.747. The number of rotatable bonds is 5. The van der Waals surface area contributed by atoms with Crippen molar-refractivity contribution in [1.29, 1.82) is 0 Å². The zero-order valence-electron chi connectivity index (χ0n) is 7.86. The van der Waals surface area contributed by atoms with Gasteiger partial charge >= 0.3 is 5.97 Å². The van der Waals surface area contributed by atoms with Crippen molar-refractivity contribution in [3.8, 4) is 0 Å². The average molecular weight is 216 g/mol. The molecule has 1 aromatic heterocycles. The van der Waals surface area contributed by atoms with E-state index < -0.39 is 5.97 Å². The fraction of sp³-hybridized carbons (Fsp3) is 0.444. The number of methoxy groups -OCH3 is 1. The Morgan fingerprint density at radius 1 is 1.57 bits per heavy atom. The van der Waals surface area contributed by atoms with Crippen molar-refractivity contribution in [2.45, 2.75) is 6.61 Å². The minimum absolute atomic E-state index is 0.0380. The number of aliphatic hydroxyl groups excluding tert-OH is 1. The summed E-state index contributed by atoms with van der Waals surface area (Å²) in [6, 6.07) is 3.52. The molecule has 0 aliphatic heterocycles. The highest BCUT2D eigenvalue weighted by Gasteiger charge is 2.09. The predicted octanol–water partition coefficient (Wildman–Crippen LogP) is 1.04. The zero-order valence-corrected chi connectivity index (χ0v) is 8.67. The van der Waals surface area contributed by atoms with Crippen molar-refractivity contribution >= 4 is 17.3 Å². The minimum atomic E-state index is -0.397. The van der Waals surface area contributed by atoms with Crippen LogP contribution in [0.25, 0.3) is 0 Å². The first-order valence-corrected chi connectivity index (χ1v) is 4.95. The molecule has 0 unspecified atom stereocenters. The zero-order chi connectivity index (χ0) is 10.4. The fourth-order valence-electron chi connectivity index (χ4n) is 0.917. The number of hydrogen-bond donors (Lipinski definition) is 1. The first-order valence-electron chi connectivity index (χ1n) is 4.13. The Morgan fingerprint density at radius 3 is 3.00 bits per heavy atom. The molecule has 0 bridgehead atoms. The molecule has 0 spiro atoms. The van der Waals surface area contributed by atoms with Gasteiger partial charge in [0, 0.05) is 12.0 Å². The van der Waals surface area contributed by atoms with E-state index in [2.05, 4.69) is 0 Å². The molecule has 78 valence electrons. The molecule has 0 aromatic carbocycles. The normalized spacial score (nSPS) is 10.1. The van der Waals surface area contributed by atoms with Crippen LogP contribution in [0.5, 0.6) is 0 Å². The largest absolute Gasteiger partial charge is 0.459 e. The smallest absolute Gasteiger partial charge is 0.348 e. The van der Waals surface area contributed by atoms with Crippen molar-refractivity contribution in [3.63, 3.8) is 0 Å². The molecular weight excluding hydrogens is 204 g/mol. The van der Waals surface area contributed by atoms with Crippen LogP contribution < -0.4 is 0 Å². The summed E-state index contributed by atoms with van der Waals surface area (Å²) in [5.74, 6) is -0.397. The SMILES string of the molecule is COCc1ccc(C(=O)OCCO)s1. The molecule has 0 fully saturated rings. The highest BCUT2D eigenvalue weighted by molar-refractivity contribution is 7.13. The van der Waals surface area contributed by atoms with Gasteiger partial charge in [-0.3, -0.25) is 0 Å². The third kappa shape index (κ3) is 3.10. The number of carbonyl (C=O) groups is 1. The second-order valence-electron chi connectivity index (χ2n) is 2.56. The Hall–Kier alpha value is -0.910. The highest BCUT2D eigenvalue weighted by Crippen LogP contribution is 2.17. The topological polar surface area (TPSA) is 55.8 Å². The molecule has 0 amide bonds. The lowest BCUT2D eigenvalue weighted by Gasteiger charge is -1.98. The number of carbonyl (C=O) groups excluding carboxylic acids is 1. The molecule has 0 aliphatic rings. The summed E-state index contributed by atoms with van der Waals surface area (Å²) in [6.07, 6.45) is 0. The maximum absolute atomic E-state index is 11.3. The summed E-state index contributed by atoms with van der Waals surface area (Å²) < 4.78 is 9.67. The van der Waals surface area contributed by atoms with Gasteiger partial charge in [0.1, 0.15) is 11.5 Å². The lowest BCUT2D eigenvalue weighted by atomic mass is 10.4. The Morgan fingerprint density at radius 2 is 2.36 bits per heavy atom. The first kappa shape index (κ1) is 11.2. The number of thiophene rings is 1. The molecule has 1 heterocycles. The van der Waals surface area contributed by atoms with Gasteiger partial charge in [-0.15, -0.1) is 11.3 Å². The van der Waals surface area contributed by atoms with E-state index in [1.165, 1.54) is 11.3 Å². The molecule has 0 saturated heterocycles. The van der Waals surface area contributed by atoms with Crippen LogP contribution in [0.1, 0.15) is 14.5 Å². The van der Waals surface area contributed by atoms with E-state index in [1.807, 2.05) is 6.07 Å². The second kappa shape index (κ2) is 5.74. The van der Waals surface area contributed by atoms with Gasteiger partial charge in [-0.1, -0.05) is 0 Å². The second-order valence-corrected chi connectivity index (χ2v) is 3.73. The Labute approximate surface area is 86.1 Å². The maximum Gasteiger partial charge on any atom is 0.348 e. The number of esters is 1. The molecule has 0 saturated carbocycles. The van der Waals surface area contributed by atoms with Crippen LogP contribution in [-0.4, -0.2) is 31.4 Å². The van der Waals surface area contributed by atoms with Crippen LogP contribution >= 0.6 is 11.3 Å². The lowest BCUT2D eigenvalue weighted by molar-refractivity contribution is 0.0439. The van der Waals surface area contributed by atoms with Crippen LogP contribution in [0.3, 0.4) is 0 Å². The van der Waals surface area contributed by atoms with Crippen LogP contribution in [0.2, 0.25) is 0 Å². The maximum atomic E-state index is 11.3. The summed E-state index contributed by atoms with van der Waals surface area (Å²) in [7, 11) is 1.60. The standard InChI is InChI=1S/C9H12O4S/c1-12-6-7-2-3-8(14-7)9(11)13-5-4-10/h2-3,10H,4-6H2,1H3. The van der Waals surface area contributed by atoms with Crippen LogP contribution in [0.4, 0.5) is 0 Å². The van der Waals surface area contributed by atoms with Crippen LogP contribution in [-0.2, 0) is 16.1 Å². The van der Waals surface area contributed by atoms with E-state index in [4.69, 9.17) is 14.6 Å². The number of hydrogen-bond acceptors (Lipinski definition) is 5. The van der Waals surface area contributed by atoms with Crippen molar-refractivity contribution in [1.82, 2.24) is 0 Å². The van der Waals surface area contributed by atoms with Crippen molar-refractivity contribution < 1.29 is 19.4 Å². The van der Waals surface area contributed by atoms with E-state index in [0.717, 1.165) is 4.88 Å². The van der Waals surface area contributed by atoms with Gasteiger partial charge in [-0.25, -0.2) is 4.79 Å². The van der Waals surface area contributed by atoms with E-state index in [9.17, 15) is 4.79 Å². The van der Waals surface area contributed by atoms with Gasteiger partial charge in [0.25, 0.3) is 0 Å². The molecule has 4 nitrogen and oxygen atoms in total. The summed E-state index contributed by atoms with van der Waals surface area (Å²) in [5.41, 5.74) is 0. The van der Waals surface area contributed by atoms with Crippen molar-refractivity contribution in [2.24, 2.45) is 0 Å². The summed E-state index contributed by atoms with van der Waals surface area (Å²) in [5, 5.41) is 8.46. The molecule has 14 heavy (non-hydrogen) atoms. The van der Waals surface area contributed by atoms with E-state index in [0.29, 0.717) is 11.5 Å². The predicted molar refractivity (Wildman–Crippen MR) is 52.4 cm³/mol. The third-order valence-electron chi connectivity index (χ3n) is 1.47. The minimum Gasteiger partial charge on any atom is -0.459 e. The molecule has 1 N–H and O–H groups in total. The van der Waals surface area contributed by atoms with E-state index in [-0.39, 0.29) is 13.2 Å². The molecule has 0 radical (unpaired) electrons. The summed E-state index contributed by atoms with van der Waals surface area (Å²) >= 11 is 1.33. The average Bonchev–Trinajstić information content (AvgIpc) is 2.63. The van der Waals surface area contributed by atoms with Gasteiger partial charge in [0.2, 0.25) is 0 Å². The molecule has 5 heteroatoms. The van der Waals surface area contributed by atoms with Gasteiger partial charge < -0.3 is 14.6 Å². The molecular formula is C9H12O4S. The van der Waals surface area contributed by atoms with E-state index in [1.54, 1.807) is 13.2 Å². The Balaban J connectivity index is 2.53. The van der Waals surface area contributed by atoms with Gasteiger partial charge in [-0.05, 0) is 12.1 Å². The molecule has 1 aromatic rings. The summed E-state index contributed by atoms with van der Waals surface area (Å²) in [4.78, 5) is 12.8. The van der Waals surface area contributed by atoms with Crippen molar-refractivity contribution in [3.05, 3.63) is 21.9 Å². The van der Waals surface area contributed by atoms with Crippen LogP contribution in [0, 0.1) is 0 Å². The van der Waals surface area contributed by atoms with Gasteiger partial charge in [0.05, 0.1) is 13.2 Å². The Kier molecular flexibility index (Phi) is 4.58. The molecule has 0 atom stereocenters. The number of aliphatic hydroxyl groups is 1. The third-order valence-corrected chi connectivity index (χ3v) is 2.51. The number of ether oxygens (including phenoxy) is 2. The Bertz CT molecular complexity index is 295. The van der Waals surface area contributed by atoms with Crippen LogP contribution in [0.15, 0.2) is 12.1 Å². The van der Waals surface area contributed by atoms with Crippen molar-refractivity contribution in [2.75, 3.05) is 20.3 Å². The monoisotopic (exact) mass is 216 g/mol. The highest BCUT2D eigenvalue weighted by atomic mass is 32.1. The van der Waals surface area contributed by atoms with E-state index >= 15 is 0 Å². The van der Waals surface area contributed by atoms with Gasteiger partial charge in [-0.2, -0.15) is 0 Å². The molecule has 0 aliphatic carbocycles.